The van der Waals surface area contributed by atoms with Gasteiger partial charge in [0.05, 0.1) is 16.9 Å². The van der Waals surface area contributed by atoms with E-state index in [4.69, 9.17) is 50.4 Å². The van der Waals surface area contributed by atoms with Gasteiger partial charge in [0, 0.05) is 18.6 Å². The summed E-state index contributed by atoms with van der Waals surface area (Å²) in [6, 6.07) is 3.69. The highest BCUT2D eigenvalue weighted by atomic mass is 35.5. The highest BCUT2D eigenvalue weighted by Gasteiger charge is 2.18. The van der Waals surface area contributed by atoms with Crippen LogP contribution in [0, 0.1) is 17.5 Å². The molecule has 4 N–H and O–H groups in total. The Labute approximate surface area is 218 Å². The molecule has 0 fully saturated rings. The highest BCUT2D eigenvalue weighted by molar-refractivity contribution is 6.30. The summed E-state index contributed by atoms with van der Waals surface area (Å²) >= 11 is 15.9. The predicted octanol–water partition coefficient (Wildman–Crippen LogP) is 6.25. The van der Waals surface area contributed by atoms with E-state index < -0.39 is 45.8 Å². The normalized spacial score (nSPS) is 10.2. The molecule has 0 bridgehead atoms. The first-order chi connectivity index (χ1) is 16.6. The number of carboxylic acid groups (broad SMARTS) is 1. The fraction of sp³-hybridized carbons (Fsp3) is 0.190. The van der Waals surface area contributed by atoms with Crippen LogP contribution in [-0.4, -0.2) is 37.7 Å². The van der Waals surface area contributed by atoms with Crippen molar-refractivity contribution in [2.24, 2.45) is 0 Å². The van der Waals surface area contributed by atoms with Gasteiger partial charge in [-0.25, -0.2) is 37.7 Å². The van der Waals surface area contributed by atoms with Crippen LogP contribution in [0.25, 0.3) is 0 Å². The Morgan fingerprint density at radius 2 is 1.36 bits per heavy atom. The summed E-state index contributed by atoms with van der Waals surface area (Å²) in [7, 11) is 0. The van der Waals surface area contributed by atoms with Gasteiger partial charge >= 0.3 is 12.1 Å². The van der Waals surface area contributed by atoms with Crippen LogP contribution in [0.1, 0.15) is 31.1 Å². The first-order valence-corrected chi connectivity index (χ1v) is 10.7. The maximum absolute atomic E-state index is 13.3. The van der Waals surface area contributed by atoms with Crippen LogP contribution in [0.15, 0.2) is 36.8 Å². The molecule has 3 heterocycles. The summed E-state index contributed by atoms with van der Waals surface area (Å²) in [4.78, 5) is 31.9. The van der Waals surface area contributed by atoms with Crippen LogP contribution in [0.5, 0.6) is 0 Å². The third-order valence-electron chi connectivity index (χ3n) is 3.44. The number of hydrogen-bond acceptors (Lipinski definition) is 7. The molecule has 0 radical (unpaired) electrons. The maximum atomic E-state index is 13.3. The van der Waals surface area contributed by atoms with Gasteiger partial charge in [-0.15, -0.1) is 0 Å². The average molecular weight is 569 g/mol. The Morgan fingerprint density at radius 3 is 1.81 bits per heavy atom. The largest absolute Gasteiger partial charge is 0.478 e. The molecule has 194 valence electrons. The van der Waals surface area contributed by atoms with Gasteiger partial charge in [-0.1, -0.05) is 34.8 Å². The third-order valence-corrected chi connectivity index (χ3v) is 4.23. The molecule has 3 aromatic heterocycles. The van der Waals surface area contributed by atoms with Crippen molar-refractivity contribution >= 4 is 58.2 Å². The minimum absolute atomic E-state index is 0.0231. The molecular formula is C21H19Cl3F3N5O4. The first kappa shape index (κ1) is 30.7. The van der Waals surface area contributed by atoms with Crippen LogP contribution in [0.3, 0.4) is 0 Å². The van der Waals surface area contributed by atoms with Crippen molar-refractivity contribution in [3.05, 3.63) is 75.3 Å². The number of carboxylic acids is 1. The number of carbonyl (C=O) groups is 2. The molecule has 0 spiro atoms. The number of hydrogen-bond donors (Lipinski definition) is 3. The van der Waals surface area contributed by atoms with Gasteiger partial charge in [0.2, 0.25) is 0 Å². The van der Waals surface area contributed by atoms with E-state index in [2.05, 4.69) is 20.3 Å². The minimum atomic E-state index is -1.35. The predicted molar refractivity (Wildman–Crippen MR) is 129 cm³/mol. The molecule has 9 nitrogen and oxygen atoms in total. The highest BCUT2D eigenvalue weighted by Crippen LogP contribution is 2.20. The Balaban J connectivity index is 0.000000283. The van der Waals surface area contributed by atoms with Gasteiger partial charge in [-0.3, -0.25) is 5.32 Å². The van der Waals surface area contributed by atoms with E-state index >= 15 is 0 Å². The number of anilines is 2. The Morgan fingerprint density at radius 1 is 0.889 bits per heavy atom. The molecule has 0 saturated carbocycles. The van der Waals surface area contributed by atoms with Gasteiger partial charge in [0.25, 0.3) is 0 Å². The number of nitrogens with zero attached hydrogens (tertiary/aromatic N) is 3. The molecule has 1 amide bonds. The van der Waals surface area contributed by atoms with Gasteiger partial charge < -0.3 is 15.6 Å². The van der Waals surface area contributed by atoms with E-state index in [1.165, 1.54) is 24.5 Å². The SMILES string of the molecule is CC(C)(C)OC(=O)Nc1ccnc(Cl)c1F.Nc1ccnc(Cl)c1F.O=C(O)c1ccnc(Cl)c1F. The van der Waals surface area contributed by atoms with E-state index in [0.29, 0.717) is 0 Å². The quantitative estimate of drug-likeness (QED) is 0.308. The summed E-state index contributed by atoms with van der Waals surface area (Å²) in [6.07, 6.45) is 3.03. The lowest BCUT2D eigenvalue weighted by molar-refractivity contribution is 0.0633. The van der Waals surface area contributed by atoms with E-state index in [1.807, 2.05) is 0 Å². The summed E-state index contributed by atoms with van der Waals surface area (Å²) < 4.78 is 43.4. The fourth-order valence-electron chi connectivity index (χ4n) is 1.94. The molecule has 3 rings (SSSR count). The van der Waals surface area contributed by atoms with Crippen molar-refractivity contribution < 1.29 is 32.6 Å². The first-order valence-electron chi connectivity index (χ1n) is 9.52. The van der Waals surface area contributed by atoms with Crippen LogP contribution >= 0.6 is 34.8 Å². The molecule has 0 saturated heterocycles. The molecule has 15 heteroatoms. The number of amides is 1. The molecule has 36 heavy (non-hydrogen) atoms. The number of ether oxygens (including phenoxy) is 1. The van der Waals surface area contributed by atoms with Gasteiger partial charge in [-0.05, 0) is 39.0 Å². The second-order valence-corrected chi connectivity index (χ2v) is 8.44. The molecule has 0 aliphatic carbocycles. The van der Waals surface area contributed by atoms with E-state index in [-0.39, 0.29) is 21.7 Å². The van der Waals surface area contributed by atoms with Crippen LogP contribution in [-0.2, 0) is 4.74 Å². The topological polar surface area (TPSA) is 140 Å². The number of carbonyl (C=O) groups excluding carboxylic acids is 1. The van der Waals surface area contributed by atoms with E-state index in [1.54, 1.807) is 20.8 Å². The average Bonchev–Trinajstić information content (AvgIpc) is 2.76. The molecule has 0 aliphatic heterocycles. The van der Waals surface area contributed by atoms with Gasteiger partial charge in [-0.2, -0.15) is 0 Å². The Hall–Kier alpha value is -3.35. The summed E-state index contributed by atoms with van der Waals surface area (Å²) in [5, 5.41) is 9.70. The summed E-state index contributed by atoms with van der Waals surface area (Å²) in [5.74, 6) is -3.79. The minimum Gasteiger partial charge on any atom is -0.478 e. The second kappa shape index (κ2) is 13.7. The van der Waals surface area contributed by atoms with Gasteiger partial charge in [0.15, 0.2) is 32.9 Å². The van der Waals surface area contributed by atoms with Crippen molar-refractivity contribution in [3.63, 3.8) is 0 Å². The van der Waals surface area contributed by atoms with Crippen LogP contribution in [0.4, 0.5) is 29.3 Å². The molecule has 0 unspecified atom stereocenters. The van der Waals surface area contributed by atoms with Crippen molar-refractivity contribution in [1.82, 2.24) is 15.0 Å². The zero-order chi connectivity index (χ0) is 27.6. The molecular weight excluding hydrogens is 550 g/mol. The fourth-order valence-corrected chi connectivity index (χ4v) is 2.43. The number of nitrogens with one attached hydrogen (secondary N) is 1. The Bertz CT molecular complexity index is 1210. The smallest absolute Gasteiger partial charge is 0.412 e. The molecule has 0 atom stereocenters. The molecule has 0 aliphatic rings. The van der Waals surface area contributed by atoms with E-state index in [9.17, 15) is 22.8 Å². The Kier molecular flexibility index (Phi) is 11.6. The van der Waals surface area contributed by atoms with Crippen molar-refractivity contribution in [1.29, 1.82) is 0 Å². The summed E-state index contributed by atoms with van der Waals surface area (Å²) in [6.45, 7) is 5.13. The number of halogens is 6. The number of rotatable bonds is 2. The zero-order valence-electron chi connectivity index (χ0n) is 18.8. The maximum Gasteiger partial charge on any atom is 0.412 e. The van der Waals surface area contributed by atoms with Crippen molar-refractivity contribution in [3.8, 4) is 0 Å². The summed E-state index contributed by atoms with van der Waals surface area (Å²) in [5.41, 5.74) is 3.97. The van der Waals surface area contributed by atoms with Crippen molar-refractivity contribution in [2.45, 2.75) is 26.4 Å². The van der Waals surface area contributed by atoms with Crippen molar-refractivity contribution in [2.75, 3.05) is 11.1 Å². The third kappa shape index (κ3) is 10.1. The van der Waals surface area contributed by atoms with E-state index in [0.717, 1.165) is 12.3 Å². The van der Waals surface area contributed by atoms with Crippen LogP contribution in [0.2, 0.25) is 15.5 Å². The zero-order valence-corrected chi connectivity index (χ0v) is 21.1. The monoisotopic (exact) mass is 567 g/mol. The number of nitrogen functional groups attached to an aromatic ring is 1. The molecule has 0 aromatic carbocycles. The van der Waals surface area contributed by atoms with Crippen LogP contribution < -0.4 is 11.1 Å². The lowest BCUT2D eigenvalue weighted by atomic mass is 10.2. The number of pyridine rings is 3. The lowest BCUT2D eigenvalue weighted by Gasteiger charge is -2.19. The number of aromatic nitrogens is 3. The van der Waals surface area contributed by atoms with Gasteiger partial charge in [0.1, 0.15) is 5.60 Å². The standard InChI is InChI=1S/C10H12ClFN2O2.C6H3ClFNO2.C5H4ClFN2/c1-10(2,3)16-9(15)14-6-4-5-13-8(11)7(6)12;7-5-4(8)3(6(10)11)1-2-9-5;6-5-4(7)3(8)1-2-9-5/h4-5H,1-3H3,(H,13,14,15);1-2H,(H,10,11);1-2H,(H2,8,9). The lowest BCUT2D eigenvalue weighted by Crippen LogP contribution is -2.27. The number of aromatic carboxylic acids is 1. The number of nitrogens with two attached hydrogens (primary N) is 1. The molecule has 3 aromatic rings. The second-order valence-electron chi connectivity index (χ2n) is 7.36.